The summed E-state index contributed by atoms with van der Waals surface area (Å²) in [5.41, 5.74) is 11.3. The molecule has 2 aromatic heterocycles. The van der Waals surface area contributed by atoms with Crippen molar-refractivity contribution in [2.24, 2.45) is 5.73 Å². The number of nitrogens with two attached hydrogens (primary N) is 2. The number of rotatable bonds is 5. The molecule has 1 fully saturated rings. The number of ether oxygens (including phenoxy) is 2. The van der Waals surface area contributed by atoms with Gasteiger partial charge in [-0.2, -0.15) is 9.97 Å². The minimum Gasteiger partial charge on any atom is -0.466 e. The molecule has 1 aliphatic rings. The van der Waals surface area contributed by atoms with Crippen LogP contribution in [0.2, 0.25) is 0 Å². The van der Waals surface area contributed by atoms with Gasteiger partial charge in [0.2, 0.25) is 11.8 Å². The molecule has 6 N–H and O–H groups in total. The lowest BCUT2D eigenvalue weighted by Gasteiger charge is -2.13. The van der Waals surface area contributed by atoms with E-state index in [9.17, 15) is 9.90 Å². The molecule has 1 saturated heterocycles. The Labute approximate surface area is 129 Å². The van der Waals surface area contributed by atoms with Crippen LogP contribution in [0.15, 0.2) is 6.33 Å². The van der Waals surface area contributed by atoms with Crippen LogP contribution in [0.3, 0.4) is 0 Å². The molecule has 1 aliphatic heterocycles. The first-order valence-electron chi connectivity index (χ1n) is 6.85. The highest BCUT2D eigenvalue weighted by molar-refractivity contribution is 5.79. The monoisotopic (exact) mass is 324 g/mol. The molecule has 3 atom stereocenters. The van der Waals surface area contributed by atoms with Gasteiger partial charge in [-0.3, -0.25) is 9.36 Å². The number of carbonyl (C=O) groups excluding carboxylic acids is 1. The maximum absolute atomic E-state index is 10.8. The van der Waals surface area contributed by atoms with Gasteiger partial charge >= 0.3 is 0 Å². The van der Waals surface area contributed by atoms with Gasteiger partial charge in [-0.05, 0) is 0 Å². The summed E-state index contributed by atoms with van der Waals surface area (Å²) in [6.07, 6.45) is -0.342. The fourth-order valence-corrected chi connectivity index (χ4v) is 2.41. The van der Waals surface area contributed by atoms with E-state index in [1.807, 2.05) is 0 Å². The zero-order chi connectivity index (χ0) is 16.6. The second-order valence-electron chi connectivity index (χ2n) is 5.08. The highest BCUT2D eigenvalue weighted by atomic mass is 16.5. The lowest BCUT2D eigenvalue weighted by molar-refractivity contribution is -0.120. The van der Waals surface area contributed by atoms with E-state index in [1.54, 1.807) is 4.57 Å². The van der Waals surface area contributed by atoms with E-state index in [0.29, 0.717) is 5.65 Å². The second-order valence-corrected chi connectivity index (χ2v) is 5.08. The first-order valence-corrected chi connectivity index (χ1v) is 6.85. The molecule has 0 radical (unpaired) electrons. The number of aromatic nitrogens is 4. The Kier molecular flexibility index (Phi) is 3.98. The van der Waals surface area contributed by atoms with Crippen molar-refractivity contribution in [3.8, 4) is 5.88 Å². The Balaban J connectivity index is 1.96. The number of amides is 1. The highest BCUT2D eigenvalue weighted by Gasteiger charge is 2.35. The Morgan fingerprint density at radius 2 is 2.30 bits per heavy atom. The Morgan fingerprint density at radius 1 is 1.52 bits per heavy atom. The molecule has 11 heteroatoms. The van der Waals surface area contributed by atoms with Crippen molar-refractivity contribution >= 4 is 23.0 Å². The molecule has 11 nitrogen and oxygen atoms in total. The maximum Gasteiger partial charge on any atom is 0.255 e. The standard InChI is InChI=1S/C12H16N6O5/c13-7(21)3-22-11-9-10(16-12(14)17-11)18(4-15-9)8-1-5(20)6(2-19)23-8/h4-6,8,19-20H,1-3H2,(H2,13,21)(H2,14,16,17)/t5-,6+,8+/m0/s1. The lowest BCUT2D eigenvalue weighted by Crippen LogP contribution is -2.24. The number of aliphatic hydroxyl groups is 2. The first-order chi connectivity index (χ1) is 11.0. The van der Waals surface area contributed by atoms with Gasteiger partial charge in [0.1, 0.15) is 12.3 Å². The molecule has 0 unspecified atom stereocenters. The number of aliphatic hydroxyl groups excluding tert-OH is 2. The third kappa shape index (κ3) is 2.88. The van der Waals surface area contributed by atoms with Gasteiger partial charge in [-0.25, -0.2) is 4.98 Å². The summed E-state index contributed by atoms with van der Waals surface area (Å²) in [4.78, 5) is 23.0. The highest BCUT2D eigenvalue weighted by Crippen LogP contribution is 2.32. The SMILES string of the molecule is NC(=O)COc1nc(N)nc2c1ncn2[C@H]1C[C@H](O)[C@@H](CO)O1. The normalized spacial score (nSPS) is 24.2. The number of fused-ring (bicyclic) bond motifs is 1. The summed E-state index contributed by atoms with van der Waals surface area (Å²) in [5, 5.41) is 19.0. The molecule has 1 amide bonds. The van der Waals surface area contributed by atoms with Gasteiger partial charge in [-0.15, -0.1) is 0 Å². The number of imidazole rings is 1. The van der Waals surface area contributed by atoms with Crippen molar-refractivity contribution in [1.82, 2.24) is 19.5 Å². The number of hydrogen-bond donors (Lipinski definition) is 4. The molecular weight excluding hydrogens is 308 g/mol. The number of primary amides is 1. The van der Waals surface area contributed by atoms with E-state index < -0.39 is 24.3 Å². The number of nitrogen functional groups attached to an aromatic ring is 1. The van der Waals surface area contributed by atoms with Gasteiger partial charge in [0.15, 0.2) is 17.8 Å². The molecule has 3 heterocycles. The van der Waals surface area contributed by atoms with Crippen LogP contribution in [0.4, 0.5) is 5.95 Å². The van der Waals surface area contributed by atoms with Gasteiger partial charge < -0.3 is 31.2 Å². The van der Waals surface area contributed by atoms with Crippen LogP contribution in [0, 0.1) is 0 Å². The number of nitrogens with zero attached hydrogens (tertiary/aromatic N) is 4. The summed E-state index contributed by atoms with van der Waals surface area (Å²) in [6, 6.07) is 0. The van der Waals surface area contributed by atoms with E-state index in [2.05, 4.69) is 15.0 Å². The van der Waals surface area contributed by atoms with E-state index in [1.165, 1.54) is 6.33 Å². The van der Waals surface area contributed by atoms with Crippen molar-refractivity contribution in [2.45, 2.75) is 24.9 Å². The molecule has 0 saturated carbocycles. The minimum absolute atomic E-state index is 0.0299. The first kappa shape index (κ1) is 15.4. The third-order valence-corrected chi connectivity index (χ3v) is 3.45. The van der Waals surface area contributed by atoms with Crippen LogP contribution in [0.25, 0.3) is 11.2 Å². The number of anilines is 1. The molecule has 124 valence electrons. The summed E-state index contributed by atoms with van der Waals surface area (Å²) in [5.74, 6) is -0.707. The Bertz CT molecular complexity index is 734. The Hall–Kier alpha value is -2.50. The number of hydrogen-bond acceptors (Lipinski definition) is 9. The molecule has 2 aromatic rings. The van der Waals surface area contributed by atoms with Gasteiger partial charge in [0.05, 0.1) is 19.0 Å². The van der Waals surface area contributed by atoms with Crippen LogP contribution in [-0.4, -0.2) is 61.1 Å². The van der Waals surface area contributed by atoms with E-state index in [-0.39, 0.29) is 37.0 Å². The maximum atomic E-state index is 10.8. The molecule has 0 aliphatic carbocycles. The predicted molar refractivity (Wildman–Crippen MR) is 76.0 cm³/mol. The van der Waals surface area contributed by atoms with E-state index in [0.717, 1.165) is 0 Å². The van der Waals surface area contributed by atoms with Crippen LogP contribution >= 0.6 is 0 Å². The van der Waals surface area contributed by atoms with Crippen molar-refractivity contribution in [3.05, 3.63) is 6.33 Å². The molecule has 3 rings (SSSR count). The van der Waals surface area contributed by atoms with Crippen molar-refractivity contribution in [2.75, 3.05) is 18.9 Å². The van der Waals surface area contributed by atoms with E-state index >= 15 is 0 Å². The van der Waals surface area contributed by atoms with Gasteiger partial charge in [0.25, 0.3) is 5.91 Å². The molecule has 0 bridgehead atoms. The zero-order valence-electron chi connectivity index (χ0n) is 12.0. The topological polar surface area (TPSA) is 172 Å². The summed E-state index contributed by atoms with van der Waals surface area (Å²) < 4.78 is 12.3. The fraction of sp³-hybridized carbons (Fsp3) is 0.500. The molecule has 23 heavy (non-hydrogen) atoms. The molecule has 0 aromatic carbocycles. The average molecular weight is 324 g/mol. The average Bonchev–Trinajstić information content (AvgIpc) is 3.07. The van der Waals surface area contributed by atoms with E-state index in [4.69, 9.17) is 26.0 Å². The van der Waals surface area contributed by atoms with Crippen molar-refractivity contribution in [1.29, 1.82) is 0 Å². The van der Waals surface area contributed by atoms with Crippen LogP contribution in [-0.2, 0) is 9.53 Å². The molecular formula is C12H16N6O5. The lowest BCUT2D eigenvalue weighted by atomic mass is 10.2. The summed E-state index contributed by atoms with van der Waals surface area (Å²) in [7, 11) is 0. The smallest absolute Gasteiger partial charge is 0.255 e. The summed E-state index contributed by atoms with van der Waals surface area (Å²) in [6.45, 7) is -0.669. The molecule has 0 spiro atoms. The minimum atomic E-state index is -0.799. The van der Waals surface area contributed by atoms with Crippen molar-refractivity contribution in [3.63, 3.8) is 0 Å². The van der Waals surface area contributed by atoms with Crippen LogP contribution in [0.1, 0.15) is 12.6 Å². The van der Waals surface area contributed by atoms with Crippen LogP contribution < -0.4 is 16.2 Å². The largest absolute Gasteiger partial charge is 0.466 e. The third-order valence-electron chi connectivity index (χ3n) is 3.45. The van der Waals surface area contributed by atoms with Crippen molar-refractivity contribution < 1.29 is 24.5 Å². The predicted octanol–water partition coefficient (Wildman–Crippen LogP) is -2.09. The van der Waals surface area contributed by atoms with Crippen LogP contribution in [0.5, 0.6) is 5.88 Å². The second kappa shape index (κ2) is 5.95. The quantitative estimate of drug-likeness (QED) is 0.481. The summed E-state index contributed by atoms with van der Waals surface area (Å²) >= 11 is 0. The van der Waals surface area contributed by atoms with Gasteiger partial charge in [0, 0.05) is 6.42 Å². The zero-order valence-corrected chi connectivity index (χ0v) is 12.0. The Morgan fingerprint density at radius 3 is 2.96 bits per heavy atom. The number of carbonyl (C=O) groups is 1. The van der Waals surface area contributed by atoms with Gasteiger partial charge in [-0.1, -0.05) is 0 Å². The fourth-order valence-electron chi connectivity index (χ4n) is 2.41.